The summed E-state index contributed by atoms with van der Waals surface area (Å²) in [6.45, 7) is 2.63. The van der Waals surface area contributed by atoms with Crippen LogP contribution in [0.2, 0.25) is 0 Å². The van der Waals surface area contributed by atoms with Gasteiger partial charge in [-0.25, -0.2) is 4.98 Å². The molecular weight excluding hydrogens is 190 g/mol. The van der Waals surface area contributed by atoms with Gasteiger partial charge in [-0.3, -0.25) is 4.68 Å². The standard InChI is InChI=1S/C11H13N3O/c1-3-15-10-6-4-5-9(7-10)11-12-8-14(2)13-11/h4-8H,3H2,1-2H3. The van der Waals surface area contributed by atoms with Crippen molar-refractivity contribution in [2.24, 2.45) is 7.05 Å². The largest absolute Gasteiger partial charge is 0.494 e. The van der Waals surface area contributed by atoms with Gasteiger partial charge in [-0.05, 0) is 19.1 Å². The number of rotatable bonds is 3. The van der Waals surface area contributed by atoms with E-state index in [2.05, 4.69) is 10.1 Å². The molecule has 0 atom stereocenters. The van der Waals surface area contributed by atoms with Crippen LogP contribution in [-0.4, -0.2) is 21.4 Å². The zero-order valence-electron chi connectivity index (χ0n) is 8.84. The molecule has 0 saturated carbocycles. The second kappa shape index (κ2) is 4.13. The van der Waals surface area contributed by atoms with Crippen molar-refractivity contribution in [3.63, 3.8) is 0 Å². The molecule has 0 aliphatic rings. The summed E-state index contributed by atoms with van der Waals surface area (Å²) in [5.41, 5.74) is 0.974. The third-order valence-electron chi connectivity index (χ3n) is 2.00. The van der Waals surface area contributed by atoms with Crippen LogP contribution in [0.5, 0.6) is 5.75 Å². The van der Waals surface area contributed by atoms with Gasteiger partial charge in [0.25, 0.3) is 0 Å². The minimum atomic E-state index is 0.666. The first-order valence-electron chi connectivity index (χ1n) is 4.88. The maximum atomic E-state index is 5.41. The first-order chi connectivity index (χ1) is 7.29. The molecule has 1 heterocycles. The third kappa shape index (κ3) is 2.15. The van der Waals surface area contributed by atoms with Gasteiger partial charge in [-0.15, -0.1) is 0 Å². The van der Waals surface area contributed by atoms with Gasteiger partial charge in [0.2, 0.25) is 0 Å². The number of benzene rings is 1. The highest BCUT2D eigenvalue weighted by atomic mass is 16.5. The quantitative estimate of drug-likeness (QED) is 0.764. The predicted octanol–water partition coefficient (Wildman–Crippen LogP) is 1.88. The molecule has 0 unspecified atom stereocenters. The fourth-order valence-corrected chi connectivity index (χ4v) is 1.36. The number of aromatic nitrogens is 3. The lowest BCUT2D eigenvalue weighted by atomic mass is 10.2. The van der Waals surface area contributed by atoms with Crippen molar-refractivity contribution in [1.29, 1.82) is 0 Å². The molecular formula is C11H13N3O. The second-order valence-electron chi connectivity index (χ2n) is 3.20. The molecule has 0 aliphatic carbocycles. The molecule has 0 bridgehead atoms. The molecule has 0 N–H and O–H groups in total. The minimum absolute atomic E-state index is 0.666. The average Bonchev–Trinajstić information content (AvgIpc) is 2.66. The van der Waals surface area contributed by atoms with Gasteiger partial charge in [-0.2, -0.15) is 5.10 Å². The van der Waals surface area contributed by atoms with E-state index in [4.69, 9.17) is 4.74 Å². The van der Waals surface area contributed by atoms with Crippen LogP contribution in [0.1, 0.15) is 6.92 Å². The molecule has 15 heavy (non-hydrogen) atoms. The van der Waals surface area contributed by atoms with Crippen LogP contribution in [0.15, 0.2) is 30.6 Å². The van der Waals surface area contributed by atoms with Crippen LogP contribution in [-0.2, 0) is 7.05 Å². The summed E-state index contributed by atoms with van der Waals surface area (Å²) in [5, 5.41) is 4.23. The van der Waals surface area contributed by atoms with Gasteiger partial charge in [0.1, 0.15) is 12.1 Å². The van der Waals surface area contributed by atoms with E-state index in [9.17, 15) is 0 Å². The summed E-state index contributed by atoms with van der Waals surface area (Å²) in [6, 6.07) is 7.78. The highest BCUT2D eigenvalue weighted by Gasteiger charge is 2.03. The summed E-state index contributed by atoms with van der Waals surface area (Å²) in [7, 11) is 1.85. The maximum absolute atomic E-state index is 5.41. The molecule has 4 heteroatoms. The van der Waals surface area contributed by atoms with Crippen molar-refractivity contribution in [3.8, 4) is 17.1 Å². The lowest BCUT2D eigenvalue weighted by Crippen LogP contribution is -1.92. The topological polar surface area (TPSA) is 39.9 Å². The molecule has 0 radical (unpaired) electrons. The zero-order valence-corrected chi connectivity index (χ0v) is 8.84. The zero-order chi connectivity index (χ0) is 10.7. The number of aryl methyl sites for hydroxylation is 1. The Balaban J connectivity index is 2.32. The molecule has 2 rings (SSSR count). The SMILES string of the molecule is CCOc1cccc(-c2ncn(C)n2)c1. The Morgan fingerprint density at radius 3 is 2.93 bits per heavy atom. The van der Waals surface area contributed by atoms with E-state index in [0.29, 0.717) is 6.61 Å². The van der Waals surface area contributed by atoms with Crippen LogP contribution in [0.25, 0.3) is 11.4 Å². The number of hydrogen-bond donors (Lipinski definition) is 0. The molecule has 1 aromatic heterocycles. The summed E-state index contributed by atoms with van der Waals surface area (Å²) in [4.78, 5) is 4.18. The van der Waals surface area contributed by atoms with E-state index in [1.165, 1.54) is 0 Å². The van der Waals surface area contributed by atoms with E-state index in [1.807, 2.05) is 38.2 Å². The van der Waals surface area contributed by atoms with Crippen molar-refractivity contribution >= 4 is 0 Å². The number of ether oxygens (including phenoxy) is 1. The van der Waals surface area contributed by atoms with Gasteiger partial charge in [-0.1, -0.05) is 12.1 Å². The number of hydrogen-bond acceptors (Lipinski definition) is 3. The van der Waals surface area contributed by atoms with Crippen molar-refractivity contribution in [2.75, 3.05) is 6.61 Å². The van der Waals surface area contributed by atoms with Crippen LogP contribution < -0.4 is 4.74 Å². The fourth-order valence-electron chi connectivity index (χ4n) is 1.36. The van der Waals surface area contributed by atoms with Crippen molar-refractivity contribution in [1.82, 2.24) is 14.8 Å². The molecule has 0 saturated heterocycles. The molecule has 0 spiro atoms. The highest BCUT2D eigenvalue weighted by molar-refractivity contribution is 5.56. The Hall–Kier alpha value is -1.84. The predicted molar refractivity (Wildman–Crippen MR) is 57.6 cm³/mol. The molecule has 2 aromatic rings. The highest BCUT2D eigenvalue weighted by Crippen LogP contribution is 2.20. The molecule has 78 valence electrons. The van der Waals surface area contributed by atoms with Gasteiger partial charge in [0.15, 0.2) is 5.82 Å². The first kappa shape index (κ1) is 9.71. The van der Waals surface area contributed by atoms with Crippen LogP contribution >= 0.6 is 0 Å². The third-order valence-corrected chi connectivity index (χ3v) is 2.00. The van der Waals surface area contributed by atoms with Crippen molar-refractivity contribution in [3.05, 3.63) is 30.6 Å². The Kier molecular flexibility index (Phi) is 2.67. The summed E-state index contributed by atoms with van der Waals surface area (Å²) in [6.07, 6.45) is 1.68. The normalized spacial score (nSPS) is 10.3. The molecule has 1 aromatic carbocycles. The summed E-state index contributed by atoms with van der Waals surface area (Å²) >= 11 is 0. The molecule has 0 aliphatic heterocycles. The maximum Gasteiger partial charge on any atom is 0.181 e. The Morgan fingerprint density at radius 1 is 1.40 bits per heavy atom. The smallest absolute Gasteiger partial charge is 0.181 e. The van der Waals surface area contributed by atoms with Crippen LogP contribution in [0, 0.1) is 0 Å². The Morgan fingerprint density at radius 2 is 2.27 bits per heavy atom. The Bertz CT molecular complexity index is 451. The first-order valence-corrected chi connectivity index (χ1v) is 4.88. The van der Waals surface area contributed by atoms with Crippen molar-refractivity contribution in [2.45, 2.75) is 6.92 Å². The lowest BCUT2D eigenvalue weighted by molar-refractivity contribution is 0.340. The minimum Gasteiger partial charge on any atom is -0.494 e. The second-order valence-corrected chi connectivity index (χ2v) is 3.20. The van der Waals surface area contributed by atoms with Gasteiger partial charge in [0, 0.05) is 12.6 Å². The van der Waals surface area contributed by atoms with E-state index in [0.717, 1.165) is 17.1 Å². The van der Waals surface area contributed by atoms with Crippen LogP contribution in [0.3, 0.4) is 0 Å². The summed E-state index contributed by atoms with van der Waals surface area (Å²) < 4.78 is 7.10. The fraction of sp³-hybridized carbons (Fsp3) is 0.273. The van der Waals surface area contributed by atoms with Gasteiger partial charge >= 0.3 is 0 Å². The van der Waals surface area contributed by atoms with E-state index < -0.39 is 0 Å². The van der Waals surface area contributed by atoms with Gasteiger partial charge < -0.3 is 4.74 Å². The van der Waals surface area contributed by atoms with E-state index in [1.54, 1.807) is 11.0 Å². The van der Waals surface area contributed by atoms with E-state index >= 15 is 0 Å². The molecule has 4 nitrogen and oxygen atoms in total. The van der Waals surface area contributed by atoms with E-state index in [-0.39, 0.29) is 0 Å². The van der Waals surface area contributed by atoms with Gasteiger partial charge in [0.05, 0.1) is 6.61 Å². The molecule has 0 fully saturated rings. The van der Waals surface area contributed by atoms with Crippen LogP contribution in [0.4, 0.5) is 0 Å². The average molecular weight is 203 g/mol. The Labute approximate surface area is 88.5 Å². The molecule has 0 amide bonds. The number of nitrogens with zero attached hydrogens (tertiary/aromatic N) is 3. The van der Waals surface area contributed by atoms with Crippen molar-refractivity contribution < 1.29 is 4.74 Å². The monoisotopic (exact) mass is 203 g/mol. The lowest BCUT2D eigenvalue weighted by Gasteiger charge is -2.03. The summed E-state index contributed by atoms with van der Waals surface area (Å²) in [5.74, 6) is 1.57.